The Morgan fingerprint density at radius 3 is 2.30 bits per heavy atom. The first-order chi connectivity index (χ1) is 14.4. The quantitative estimate of drug-likeness (QED) is 0.387. The van der Waals surface area contributed by atoms with Crippen molar-refractivity contribution < 1.29 is 4.74 Å². The molecule has 3 heterocycles. The first-order valence-corrected chi connectivity index (χ1v) is 10.5. The number of nitrogens with zero attached hydrogens (tertiary/aromatic N) is 3. The van der Waals surface area contributed by atoms with Crippen LogP contribution in [0.3, 0.4) is 0 Å². The van der Waals surface area contributed by atoms with Crippen molar-refractivity contribution in [3.05, 3.63) is 77.1 Å². The van der Waals surface area contributed by atoms with Crippen LogP contribution in [-0.2, 0) is 0 Å². The van der Waals surface area contributed by atoms with Crippen molar-refractivity contribution in [1.29, 1.82) is 0 Å². The molecule has 4 heteroatoms. The summed E-state index contributed by atoms with van der Waals surface area (Å²) in [6.45, 7) is 10.7. The SMILES string of the molecule is COc1nc(C(C)C)ccc1-c1nc2c(C)cn(C(C)c3ccccc3)c2cc1C. The van der Waals surface area contributed by atoms with Gasteiger partial charge in [0.05, 0.1) is 35.4 Å². The number of aromatic nitrogens is 3. The smallest absolute Gasteiger partial charge is 0.222 e. The number of fused-ring (bicyclic) bond motifs is 1. The van der Waals surface area contributed by atoms with Gasteiger partial charge in [-0.05, 0) is 61.6 Å². The van der Waals surface area contributed by atoms with E-state index in [1.807, 2.05) is 0 Å². The number of methoxy groups -OCH3 is 1. The van der Waals surface area contributed by atoms with E-state index in [2.05, 4.69) is 93.9 Å². The lowest BCUT2D eigenvalue weighted by Gasteiger charge is -2.17. The Morgan fingerprint density at radius 2 is 1.63 bits per heavy atom. The van der Waals surface area contributed by atoms with Gasteiger partial charge in [0.1, 0.15) is 0 Å². The fraction of sp³-hybridized carbons (Fsp3) is 0.308. The minimum atomic E-state index is 0.232. The standard InChI is InChI=1S/C26H29N3O/c1-16(2)22-13-12-21(26(27-22)30-6)24-17(3)14-23-25(28-24)18(4)15-29(23)19(5)20-10-8-7-9-11-20/h7-16,19H,1-6H3. The van der Waals surface area contributed by atoms with Crippen molar-refractivity contribution >= 4 is 11.0 Å². The molecule has 0 bridgehead atoms. The monoisotopic (exact) mass is 399 g/mol. The number of benzene rings is 1. The summed E-state index contributed by atoms with van der Waals surface area (Å²) in [4.78, 5) is 9.80. The van der Waals surface area contributed by atoms with E-state index < -0.39 is 0 Å². The fourth-order valence-electron chi connectivity index (χ4n) is 4.02. The molecule has 0 N–H and O–H groups in total. The maximum absolute atomic E-state index is 5.63. The highest BCUT2D eigenvalue weighted by Crippen LogP contribution is 2.35. The summed E-state index contributed by atoms with van der Waals surface area (Å²) in [5.74, 6) is 0.978. The lowest BCUT2D eigenvalue weighted by atomic mass is 10.0. The van der Waals surface area contributed by atoms with Crippen molar-refractivity contribution in [2.75, 3.05) is 7.11 Å². The molecule has 4 rings (SSSR count). The summed E-state index contributed by atoms with van der Waals surface area (Å²) in [7, 11) is 1.67. The zero-order valence-corrected chi connectivity index (χ0v) is 18.6. The summed E-state index contributed by atoms with van der Waals surface area (Å²) in [5, 5.41) is 0. The van der Waals surface area contributed by atoms with E-state index in [1.54, 1.807) is 7.11 Å². The number of rotatable bonds is 5. The van der Waals surface area contributed by atoms with Crippen LogP contribution in [0.2, 0.25) is 0 Å². The van der Waals surface area contributed by atoms with Crippen LogP contribution in [0.1, 0.15) is 55.1 Å². The summed E-state index contributed by atoms with van der Waals surface area (Å²) >= 11 is 0. The lowest BCUT2D eigenvalue weighted by Crippen LogP contribution is -2.05. The Bertz CT molecular complexity index is 1190. The minimum absolute atomic E-state index is 0.232. The van der Waals surface area contributed by atoms with Gasteiger partial charge in [-0.15, -0.1) is 0 Å². The van der Waals surface area contributed by atoms with E-state index >= 15 is 0 Å². The van der Waals surface area contributed by atoms with Gasteiger partial charge in [-0.1, -0.05) is 44.2 Å². The van der Waals surface area contributed by atoms with Gasteiger partial charge in [0, 0.05) is 11.9 Å². The van der Waals surface area contributed by atoms with Crippen LogP contribution >= 0.6 is 0 Å². The highest BCUT2D eigenvalue weighted by molar-refractivity contribution is 5.85. The topological polar surface area (TPSA) is 39.9 Å². The van der Waals surface area contributed by atoms with Gasteiger partial charge in [-0.25, -0.2) is 9.97 Å². The van der Waals surface area contributed by atoms with Gasteiger partial charge in [0.25, 0.3) is 0 Å². The molecular weight excluding hydrogens is 370 g/mol. The Hall–Kier alpha value is -3.14. The predicted molar refractivity (Wildman–Crippen MR) is 123 cm³/mol. The zero-order chi connectivity index (χ0) is 21.4. The van der Waals surface area contributed by atoms with E-state index in [4.69, 9.17) is 14.7 Å². The zero-order valence-electron chi connectivity index (χ0n) is 18.6. The van der Waals surface area contributed by atoms with Crippen LogP contribution in [0.25, 0.3) is 22.3 Å². The molecule has 0 spiro atoms. The van der Waals surface area contributed by atoms with Crippen LogP contribution in [0.4, 0.5) is 0 Å². The molecule has 4 aromatic rings. The molecule has 0 saturated carbocycles. The van der Waals surface area contributed by atoms with Gasteiger partial charge in [0.15, 0.2) is 0 Å². The maximum Gasteiger partial charge on any atom is 0.222 e. The number of hydrogen-bond acceptors (Lipinski definition) is 3. The number of ether oxygens (including phenoxy) is 1. The lowest BCUT2D eigenvalue weighted by molar-refractivity contribution is 0.397. The third-order valence-electron chi connectivity index (χ3n) is 5.80. The van der Waals surface area contributed by atoms with Gasteiger partial charge in [-0.3, -0.25) is 0 Å². The molecule has 0 aliphatic heterocycles. The van der Waals surface area contributed by atoms with Gasteiger partial charge >= 0.3 is 0 Å². The van der Waals surface area contributed by atoms with Gasteiger partial charge < -0.3 is 9.30 Å². The molecule has 0 aliphatic rings. The molecule has 0 amide bonds. The number of pyridine rings is 2. The fourth-order valence-corrected chi connectivity index (χ4v) is 4.02. The highest BCUT2D eigenvalue weighted by atomic mass is 16.5. The van der Waals surface area contributed by atoms with E-state index in [0.29, 0.717) is 11.8 Å². The molecule has 30 heavy (non-hydrogen) atoms. The third-order valence-corrected chi connectivity index (χ3v) is 5.80. The van der Waals surface area contributed by atoms with Crippen LogP contribution in [0.5, 0.6) is 5.88 Å². The predicted octanol–water partition coefficient (Wildman–Crippen LogP) is 6.46. The van der Waals surface area contributed by atoms with Crippen LogP contribution in [0, 0.1) is 13.8 Å². The van der Waals surface area contributed by atoms with Crippen LogP contribution in [0.15, 0.2) is 54.7 Å². The van der Waals surface area contributed by atoms with Gasteiger partial charge in [0.2, 0.25) is 5.88 Å². The Morgan fingerprint density at radius 1 is 0.900 bits per heavy atom. The second-order valence-electron chi connectivity index (χ2n) is 8.28. The average molecular weight is 400 g/mol. The molecule has 1 aromatic carbocycles. The summed E-state index contributed by atoms with van der Waals surface area (Å²) in [6, 6.07) is 17.2. The summed E-state index contributed by atoms with van der Waals surface area (Å²) in [5.41, 5.74) is 8.61. The van der Waals surface area contributed by atoms with Crippen molar-refractivity contribution in [3.8, 4) is 17.1 Å². The molecule has 1 unspecified atom stereocenters. The van der Waals surface area contributed by atoms with Crippen molar-refractivity contribution in [1.82, 2.24) is 14.5 Å². The van der Waals surface area contributed by atoms with Crippen LogP contribution in [-0.4, -0.2) is 21.6 Å². The minimum Gasteiger partial charge on any atom is -0.480 e. The first kappa shape index (κ1) is 20.1. The normalized spacial score (nSPS) is 12.5. The van der Waals surface area contributed by atoms with Gasteiger partial charge in [-0.2, -0.15) is 0 Å². The van der Waals surface area contributed by atoms with Crippen LogP contribution < -0.4 is 4.74 Å². The molecule has 0 radical (unpaired) electrons. The largest absolute Gasteiger partial charge is 0.480 e. The molecule has 0 fully saturated rings. The summed E-state index contributed by atoms with van der Waals surface area (Å²) < 4.78 is 7.95. The van der Waals surface area contributed by atoms with Crippen molar-refractivity contribution in [3.63, 3.8) is 0 Å². The summed E-state index contributed by atoms with van der Waals surface area (Å²) in [6.07, 6.45) is 2.20. The van der Waals surface area contributed by atoms with Crippen molar-refractivity contribution in [2.24, 2.45) is 0 Å². The second-order valence-corrected chi connectivity index (χ2v) is 8.28. The van der Waals surface area contributed by atoms with E-state index in [9.17, 15) is 0 Å². The van der Waals surface area contributed by atoms with E-state index in [1.165, 1.54) is 11.1 Å². The Labute approximate surface area is 178 Å². The Kier molecular flexibility index (Phi) is 5.33. The first-order valence-electron chi connectivity index (χ1n) is 10.5. The van der Waals surface area contributed by atoms with Crippen molar-refractivity contribution in [2.45, 2.75) is 46.6 Å². The number of aryl methyl sites for hydroxylation is 2. The molecule has 0 aliphatic carbocycles. The molecule has 0 saturated heterocycles. The maximum atomic E-state index is 5.63. The average Bonchev–Trinajstić information content (AvgIpc) is 3.08. The Balaban J connectivity index is 1.86. The molecule has 3 aromatic heterocycles. The molecular formula is C26H29N3O. The highest BCUT2D eigenvalue weighted by Gasteiger charge is 2.19. The molecule has 1 atom stereocenters. The third kappa shape index (κ3) is 3.47. The van der Waals surface area contributed by atoms with E-state index in [-0.39, 0.29) is 6.04 Å². The second kappa shape index (κ2) is 7.94. The van der Waals surface area contributed by atoms with E-state index in [0.717, 1.165) is 33.5 Å². The number of hydrogen-bond donors (Lipinski definition) is 0. The molecule has 154 valence electrons. The molecule has 4 nitrogen and oxygen atoms in total.